The van der Waals surface area contributed by atoms with E-state index in [0.29, 0.717) is 40.4 Å². The first kappa shape index (κ1) is 35.3. The largest absolute Gasteiger partial charge is 0.494 e. The fourth-order valence-corrected chi connectivity index (χ4v) is 6.05. The molecule has 3 atom stereocenters. The van der Waals surface area contributed by atoms with E-state index in [9.17, 15) is 24.8 Å². The van der Waals surface area contributed by atoms with Gasteiger partial charge in [0.15, 0.2) is 11.5 Å². The number of hydrogen-bond acceptors (Lipinski definition) is 9. The highest BCUT2D eigenvalue weighted by atomic mass is 35.5. The van der Waals surface area contributed by atoms with E-state index in [1.54, 1.807) is 36.4 Å². The van der Waals surface area contributed by atoms with Crippen LogP contribution in [0.4, 0.5) is 17.1 Å². The average molecular weight is 670 g/mol. The van der Waals surface area contributed by atoms with Crippen molar-refractivity contribution in [3.63, 3.8) is 0 Å². The van der Waals surface area contributed by atoms with Gasteiger partial charge in [-0.2, -0.15) is 0 Å². The summed E-state index contributed by atoms with van der Waals surface area (Å²) in [5.41, 5.74) is 0.528. The van der Waals surface area contributed by atoms with E-state index in [-0.39, 0.29) is 41.7 Å². The third kappa shape index (κ3) is 8.83. The summed E-state index contributed by atoms with van der Waals surface area (Å²) >= 11 is 5.95. The van der Waals surface area contributed by atoms with Crippen molar-refractivity contribution in [2.45, 2.75) is 52.7 Å². The predicted octanol–water partition coefficient (Wildman–Crippen LogP) is 7.78. The zero-order chi connectivity index (χ0) is 34.2. The number of nitrogens with one attached hydrogen (secondary N) is 2. The Balaban J connectivity index is 1.49. The molecule has 1 fully saturated rings. The van der Waals surface area contributed by atoms with Crippen LogP contribution >= 0.6 is 11.6 Å². The highest BCUT2D eigenvalue weighted by Gasteiger charge is 2.32. The van der Waals surface area contributed by atoms with Crippen molar-refractivity contribution in [3.8, 4) is 23.0 Å². The third-order valence-electron chi connectivity index (χ3n) is 8.29. The monoisotopic (exact) mass is 669 g/mol. The second-order valence-corrected chi connectivity index (χ2v) is 12.3. The minimum absolute atomic E-state index is 0.0463. The van der Waals surface area contributed by atoms with E-state index in [0.717, 1.165) is 25.0 Å². The summed E-state index contributed by atoms with van der Waals surface area (Å²) in [7, 11) is 2.89. The van der Waals surface area contributed by atoms with E-state index in [4.69, 9.17) is 30.5 Å². The molecule has 0 heterocycles. The first-order chi connectivity index (χ1) is 22.4. The lowest BCUT2D eigenvalue weighted by atomic mass is 9.75. The normalized spacial score (nSPS) is 17.6. The molecule has 0 aromatic heterocycles. The number of para-hydroxylation sites is 1. The standard InChI is InChI=1S/C34H40ClN3O9/c1-19(2)24-11-9-20(3)13-29(24)46-18-31(39)37-26-12-10-23(16-30(26)45-5)36-17-21-7-6-8-28(44-4)32(21)47-33-25(34(40)41)14-22(35)15-27(33)38(42)43/h6-8,10,12,14-16,19-20,24,29,36H,9,11,13,17-18H2,1-5H3,(H,37,39)(H,40,41). The molecule has 13 heteroatoms. The molecule has 4 rings (SSSR count). The maximum absolute atomic E-state index is 12.9. The Morgan fingerprint density at radius 2 is 1.81 bits per heavy atom. The highest BCUT2D eigenvalue weighted by molar-refractivity contribution is 6.31. The SMILES string of the molecule is COc1cc(NCc2cccc(OC)c2Oc2c(C(=O)O)cc(Cl)cc2[N+](=O)[O-])ccc1NC(=O)COC1CC(C)CCC1C(C)C. The number of rotatable bonds is 14. The van der Waals surface area contributed by atoms with Crippen molar-refractivity contribution in [1.82, 2.24) is 0 Å². The smallest absolute Gasteiger partial charge is 0.339 e. The maximum Gasteiger partial charge on any atom is 0.339 e. The van der Waals surface area contributed by atoms with E-state index in [1.165, 1.54) is 20.6 Å². The summed E-state index contributed by atoms with van der Waals surface area (Å²) < 4.78 is 23.0. The number of halogens is 1. The molecule has 3 aromatic carbocycles. The summed E-state index contributed by atoms with van der Waals surface area (Å²) in [6.45, 7) is 6.70. The molecule has 3 aromatic rings. The van der Waals surface area contributed by atoms with Gasteiger partial charge in [-0.1, -0.05) is 50.9 Å². The predicted molar refractivity (Wildman–Crippen MR) is 178 cm³/mol. The number of nitro groups is 1. The topological polar surface area (TPSA) is 158 Å². The zero-order valence-corrected chi connectivity index (χ0v) is 27.8. The van der Waals surface area contributed by atoms with Gasteiger partial charge in [0, 0.05) is 35.0 Å². The molecule has 12 nitrogen and oxygen atoms in total. The second kappa shape index (κ2) is 15.8. The van der Waals surface area contributed by atoms with E-state index in [1.807, 2.05) is 0 Å². The van der Waals surface area contributed by atoms with Gasteiger partial charge in [-0.25, -0.2) is 4.79 Å². The lowest BCUT2D eigenvalue weighted by Gasteiger charge is -2.37. The number of anilines is 2. The molecule has 0 saturated heterocycles. The Bertz CT molecular complexity index is 1580. The van der Waals surface area contributed by atoms with Crippen LogP contribution in [-0.4, -0.2) is 48.8 Å². The van der Waals surface area contributed by atoms with Crippen LogP contribution in [0.2, 0.25) is 5.02 Å². The Labute approximate surface area is 278 Å². The van der Waals surface area contributed by atoms with Crippen LogP contribution in [-0.2, 0) is 16.1 Å². The van der Waals surface area contributed by atoms with Crippen LogP contribution < -0.4 is 24.8 Å². The van der Waals surface area contributed by atoms with E-state index in [2.05, 4.69) is 31.4 Å². The number of methoxy groups -OCH3 is 2. The summed E-state index contributed by atoms with van der Waals surface area (Å²) in [4.78, 5) is 35.8. The fraction of sp³-hybridized carbons (Fsp3) is 0.412. The number of hydrogen-bond donors (Lipinski definition) is 3. The van der Waals surface area contributed by atoms with Crippen LogP contribution in [0.5, 0.6) is 23.0 Å². The van der Waals surface area contributed by atoms with Crippen molar-refractivity contribution in [3.05, 3.63) is 74.8 Å². The lowest BCUT2D eigenvalue weighted by Crippen LogP contribution is -2.36. The van der Waals surface area contributed by atoms with E-state index >= 15 is 0 Å². The van der Waals surface area contributed by atoms with Gasteiger partial charge < -0.3 is 34.7 Å². The number of benzene rings is 3. The molecule has 1 aliphatic carbocycles. The molecule has 1 aliphatic rings. The van der Waals surface area contributed by atoms with Crippen molar-refractivity contribution in [2.24, 2.45) is 17.8 Å². The Hall–Kier alpha value is -4.55. The summed E-state index contributed by atoms with van der Waals surface area (Å²) in [6, 6.07) is 12.3. The number of carboxylic acid groups (broad SMARTS) is 1. The number of nitrogens with zero attached hydrogens (tertiary/aromatic N) is 1. The number of nitro benzene ring substituents is 1. The maximum atomic E-state index is 12.9. The molecule has 47 heavy (non-hydrogen) atoms. The van der Waals surface area contributed by atoms with Crippen molar-refractivity contribution in [1.29, 1.82) is 0 Å². The van der Waals surface area contributed by atoms with Gasteiger partial charge in [0.25, 0.3) is 0 Å². The van der Waals surface area contributed by atoms with Gasteiger partial charge in [0.05, 0.1) is 30.9 Å². The van der Waals surface area contributed by atoms with Gasteiger partial charge in [-0.05, 0) is 54.9 Å². The highest BCUT2D eigenvalue weighted by Crippen LogP contribution is 2.42. The Morgan fingerprint density at radius 1 is 1.06 bits per heavy atom. The van der Waals surface area contributed by atoms with Gasteiger partial charge in [-0.3, -0.25) is 14.9 Å². The number of aromatic carboxylic acids is 1. The van der Waals surface area contributed by atoms with Crippen molar-refractivity contribution in [2.75, 3.05) is 31.5 Å². The van der Waals surface area contributed by atoms with Gasteiger partial charge in [-0.15, -0.1) is 0 Å². The van der Waals surface area contributed by atoms with Gasteiger partial charge in [0.2, 0.25) is 11.7 Å². The number of amides is 1. The zero-order valence-electron chi connectivity index (χ0n) is 27.0. The molecule has 3 N–H and O–H groups in total. The minimum atomic E-state index is -1.45. The quantitative estimate of drug-likeness (QED) is 0.114. The van der Waals surface area contributed by atoms with Crippen molar-refractivity contribution < 1.29 is 38.6 Å². The van der Waals surface area contributed by atoms with Crippen LogP contribution in [0.1, 0.15) is 56.0 Å². The second-order valence-electron chi connectivity index (χ2n) is 11.9. The molecule has 0 spiro atoms. The summed E-state index contributed by atoms with van der Waals surface area (Å²) in [5.74, 6) is -0.0158. The van der Waals surface area contributed by atoms with E-state index < -0.39 is 27.9 Å². The molecule has 0 bridgehead atoms. The Kier molecular flexibility index (Phi) is 11.9. The average Bonchev–Trinajstić information content (AvgIpc) is 3.03. The first-order valence-corrected chi connectivity index (χ1v) is 15.7. The van der Waals surface area contributed by atoms with Gasteiger partial charge >= 0.3 is 11.7 Å². The molecule has 0 aliphatic heterocycles. The van der Waals surface area contributed by atoms with Crippen LogP contribution in [0, 0.1) is 27.9 Å². The molecule has 252 valence electrons. The Morgan fingerprint density at radius 3 is 2.47 bits per heavy atom. The molecule has 3 unspecified atom stereocenters. The molecule has 1 amide bonds. The molecule has 1 saturated carbocycles. The summed E-state index contributed by atoms with van der Waals surface area (Å²) in [6.07, 6.45) is 3.26. The minimum Gasteiger partial charge on any atom is -0.494 e. The van der Waals surface area contributed by atoms with Gasteiger partial charge in [0.1, 0.15) is 17.9 Å². The van der Waals surface area contributed by atoms with Crippen LogP contribution in [0.15, 0.2) is 48.5 Å². The lowest BCUT2D eigenvalue weighted by molar-refractivity contribution is -0.385. The number of carbonyl (C=O) groups excluding carboxylic acids is 1. The molecular formula is C34H40ClN3O9. The molecular weight excluding hydrogens is 630 g/mol. The first-order valence-electron chi connectivity index (χ1n) is 15.3. The van der Waals surface area contributed by atoms with Crippen LogP contribution in [0.25, 0.3) is 0 Å². The van der Waals surface area contributed by atoms with Crippen molar-refractivity contribution >= 4 is 40.5 Å². The number of carboxylic acids is 1. The fourth-order valence-electron chi connectivity index (χ4n) is 5.84. The van der Waals surface area contributed by atoms with Crippen LogP contribution in [0.3, 0.4) is 0 Å². The molecule has 0 radical (unpaired) electrons. The third-order valence-corrected chi connectivity index (χ3v) is 8.51. The number of carbonyl (C=O) groups is 2. The summed E-state index contributed by atoms with van der Waals surface area (Å²) in [5, 5.41) is 27.5. The number of ether oxygens (including phenoxy) is 4.